The first-order valence-corrected chi connectivity index (χ1v) is 7.12. The Morgan fingerprint density at radius 2 is 2.09 bits per heavy atom. The van der Waals surface area contributed by atoms with Crippen LogP contribution in [0, 0.1) is 5.92 Å². The minimum Gasteiger partial charge on any atom is -0.327 e. The Morgan fingerprint density at radius 3 is 2.73 bits per heavy atom. The number of carbonyl (C=O) groups excluding carboxylic acids is 1. The van der Waals surface area contributed by atoms with Crippen LogP contribution in [0.15, 0.2) is 35.8 Å². The van der Waals surface area contributed by atoms with Gasteiger partial charge in [-0.3, -0.25) is 9.59 Å². The van der Waals surface area contributed by atoms with Gasteiger partial charge in [0.15, 0.2) is 0 Å². The third-order valence-corrected chi connectivity index (χ3v) is 3.69. The van der Waals surface area contributed by atoms with E-state index in [-0.39, 0.29) is 30.2 Å². The molecule has 6 heteroatoms. The summed E-state index contributed by atoms with van der Waals surface area (Å²) in [5, 5.41) is 2.55. The number of alkyl halides is 2. The Hall–Kier alpha value is -2.24. The molecular weight excluding hydrogens is 290 g/mol. The summed E-state index contributed by atoms with van der Waals surface area (Å²) in [6, 6.07) is 1.54. The average molecular weight is 308 g/mol. The molecular formula is C16H18F2N2O2. The molecule has 22 heavy (non-hydrogen) atoms. The topological polar surface area (TPSA) is 62.0 Å². The van der Waals surface area contributed by atoms with Gasteiger partial charge in [0.1, 0.15) is 0 Å². The number of amides is 1. The molecule has 0 spiro atoms. The highest BCUT2D eigenvalue weighted by atomic mass is 19.3. The maximum absolute atomic E-state index is 13.1. The van der Waals surface area contributed by atoms with Gasteiger partial charge in [-0.25, -0.2) is 8.78 Å². The van der Waals surface area contributed by atoms with Crippen LogP contribution in [-0.4, -0.2) is 16.8 Å². The van der Waals surface area contributed by atoms with E-state index < -0.39 is 5.92 Å². The lowest BCUT2D eigenvalue weighted by Crippen LogP contribution is -2.23. The number of hydrogen-bond donors (Lipinski definition) is 2. The highest BCUT2D eigenvalue weighted by molar-refractivity contribution is 5.98. The van der Waals surface area contributed by atoms with E-state index >= 15 is 0 Å². The van der Waals surface area contributed by atoms with Gasteiger partial charge in [0.05, 0.1) is 5.69 Å². The van der Waals surface area contributed by atoms with E-state index in [0.29, 0.717) is 24.1 Å². The predicted molar refractivity (Wildman–Crippen MR) is 81.8 cm³/mol. The number of H-pyrrole nitrogens is 1. The van der Waals surface area contributed by atoms with Gasteiger partial charge in [-0.1, -0.05) is 18.7 Å². The zero-order valence-electron chi connectivity index (χ0n) is 12.1. The molecule has 1 aliphatic rings. The van der Waals surface area contributed by atoms with Crippen LogP contribution in [0.3, 0.4) is 0 Å². The average Bonchev–Trinajstić information content (AvgIpc) is 2.48. The lowest BCUT2D eigenvalue weighted by Gasteiger charge is -2.26. The summed E-state index contributed by atoms with van der Waals surface area (Å²) in [5.74, 6) is -2.89. The fraction of sp³-hybridized carbons (Fsp3) is 0.375. The Kier molecular flexibility index (Phi) is 4.90. The van der Waals surface area contributed by atoms with Gasteiger partial charge >= 0.3 is 0 Å². The molecule has 1 aliphatic carbocycles. The second kappa shape index (κ2) is 6.68. The minimum atomic E-state index is -2.56. The summed E-state index contributed by atoms with van der Waals surface area (Å²) in [7, 11) is 0. The summed E-state index contributed by atoms with van der Waals surface area (Å²) in [6.45, 7) is 3.35. The van der Waals surface area contributed by atoms with Crippen molar-refractivity contribution in [1.82, 2.24) is 4.98 Å². The normalized spacial score (nSPS) is 18.3. The van der Waals surface area contributed by atoms with Gasteiger partial charge < -0.3 is 10.3 Å². The first-order valence-electron chi connectivity index (χ1n) is 7.12. The number of halogens is 2. The van der Waals surface area contributed by atoms with Crippen molar-refractivity contribution >= 4 is 17.7 Å². The summed E-state index contributed by atoms with van der Waals surface area (Å²) in [4.78, 5) is 25.5. The number of carbonyl (C=O) groups is 1. The van der Waals surface area contributed by atoms with Crippen molar-refractivity contribution in [2.45, 2.75) is 31.6 Å². The Balaban J connectivity index is 2.07. The molecule has 0 bridgehead atoms. The van der Waals surface area contributed by atoms with E-state index in [1.54, 1.807) is 12.2 Å². The quantitative estimate of drug-likeness (QED) is 0.838. The second-order valence-electron chi connectivity index (χ2n) is 5.42. The van der Waals surface area contributed by atoms with Gasteiger partial charge in [-0.15, -0.1) is 0 Å². The molecule has 1 aromatic heterocycles. The predicted octanol–water partition coefficient (Wildman–Crippen LogP) is 3.34. The molecule has 1 amide bonds. The molecule has 0 aliphatic heterocycles. The number of anilines is 1. The van der Waals surface area contributed by atoms with Crippen LogP contribution in [0.1, 0.15) is 31.2 Å². The molecule has 2 N–H and O–H groups in total. The number of aromatic amines is 1. The van der Waals surface area contributed by atoms with Crippen molar-refractivity contribution in [2.24, 2.45) is 5.92 Å². The fourth-order valence-corrected chi connectivity index (χ4v) is 2.39. The zero-order valence-corrected chi connectivity index (χ0v) is 12.1. The van der Waals surface area contributed by atoms with Crippen LogP contribution >= 0.6 is 0 Å². The minimum absolute atomic E-state index is 0.0467. The summed E-state index contributed by atoms with van der Waals surface area (Å²) in [6.07, 6.45) is 6.52. The molecule has 0 radical (unpaired) electrons. The molecule has 1 aromatic rings. The van der Waals surface area contributed by atoms with E-state index in [1.807, 2.05) is 0 Å². The number of allylic oxidation sites excluding steroid dienone is 1. The van der Waals surface area contributed by atoms with Crippen LogP contribution in [-0.2, 0) is 4.79 Å². The van der Waals surface area contributed by atoms with Crippen molar-refractivity contribution in [1.29, 1.82) is 0 Å². The van der Waals surface area contributed by atoms with Crippen LogP contribution < -0.4 is 10.9 Å². The van der Waals surface area contributed by atoms with E-state index in [2.05, 4.69) is 16.9 Å². The summed E-state index contributed by atoms with van der Waals surface area (Å²) < 4.78 is 26.2. The van der Waals surface area contributed by atoms with Crippen molar-refractivity contribution in [3.05, 3.63) is 46.9 Å². The Morgan fingerprint density at radius 1 is 1.41 bits per heavy atom. The highest BCUT2D eigenvalue weighted by Gasteiger charge is 2.33. The van der Waals surface area contributed by atoms with Gasteiger partial charge in [0, 0.05) is 24.6 Å². The Bertz CT molecular complexity index is 640. The molecule has 0 saturated heterocycles. The van der Waals surface area contributed by atoms with Gasteiger partial charge in [-0.2, -0.15) is 0 Å². The number of aromatic nitrogens is 1. The number of pyridine rings is 1. The van der Waals surface area contributed by atoms with E-state index in [4.69, 9.17) is 0 Å². The van der Waals surface area contributed by atoms with Crippen LogP contribution in [0.4, 0.5) is 14.5 Å². The van der Waals surface area contributed by atoms with Gasteiger partial charge in [0.25, 0.3) is 5.56 Å². The number of rotatable bonds is 4. The second-order valence-corrected chi connectivity index (χ2v) is 5.42. The van der Waals surface area contributed by atoms with Crippen molar-refractivity contribution in [3.63, 3.8) is 0 Å². The van der Waals surface area contributed by atoms with Crippen LogP contribution in [0.5, 0.6) is 0 Å². The molecule has 1 heterocycles. The SMILES string of the molecule is C=CC(=O)Nc1c[nH]c(=O)c(/C=C/C2CCC(F)(F)CC2)c1. The van der Waals surface area contributed by atoms with Crippen LogP contribution in [0.25, 0.3) is 6.08 Å². The van der Waals surface area contributed by atoms with Gasteiger partial charge in [0.2, 0.25) is 11.8 Å². The third-order valence-electron chi connectivity index (χ3n) is 3.69. The molecule has 0 atom stereocenters. The van der Waals surface area contributed by atoms with Gasteiger partial charge in [-0.05, 0) is 30.9 Å². The first kappa shape index (κ1) is 16.1. The monoisotopic (exact) mass is 308 g/mol. The fourth-order valence-electron chi connectivity index (χ4n) is 2.39. The number of hydrogen-bond acceptors (Lipinski definition) is 2. The van der Waals surface area contributed by atoms with Crippen molar-refractivity contribution in [2.75, 3.05) is 5.32 Å². The lowest BCUT2D eigenvalue weighted by molar-refractivity contribution is -0.111. The van der Waals surface area contributed by atoms with E-state index in [9.17, 15) is 18.4 Å². The molecule has 2 rings (SSSR count). The van der Waals surface area contributed by atoms with Crippen molar-refractivity contribution in [3.8, 4) is 0 Å². The smallest absolute Gasteiger partial charge is 0.255 e. The molecule has 1 fully saturated rings. The molecule has 1 saturated carbocycles. The Labute approximate surface area is 126 Å². The maximum Gasteiger partial charge on any atom is 0.255 e. The lowest BCUT2D eigenvalue weighted by atomic mass is 9.86. The molecule has 4 nitrogen and oxygen atoms in total. The first-order chi connectivity index (χ1) is 10.4. The molecule has 118 valence electrons. The molecule has 0 aromatic carbocycles. The molecule has 0 unspecified atom stereocenters. The number of nitrogens with one attached hydrogen (secondary N) is 2. The summed E-state index contributed by atoms with van der Waals surface area (Å²) >= 11 is 0. The third kappa shape index (κ3) is 4.38. The standard InChI is InChI=1S/C16H18F2N2O2/c1-2-14(21)20-13-9-12(15(22)19-10-13)4-3-11-5-7-16(17,18)8-6-11/h2-4,9-11H,1,5-8H2,(H,19,22)(H,20,21)/b4-3+. The highest BCUT2D eigenvalue weighted by Crippen LogP contribution is 2.36. The van der Waals surface area contributed by atoms with Crippen molar-refractivity contribution < 1.29 is 13.6 Å². The van der Waals surface area contributed by atoms with E-state index in [0.717, 1.165) is 6.08 Å². The largest absolute Gasteiger partial charge is 0.327 e. The van der Waals surface area contributed by atoms with Crippen LogP contribution in [0.2, 0.25) is 0 Å². The summed E-state index contributed by atoms with van der Waals surface area (Å²) in [5.41, 5.74) is 0.521. The van der Waals surface area contributed by atoms with E-state index in [1.165, 1.54) is 12.3 Å². The maximum atomic E-state index is 13.1. The zero-order chi connectivity index (χ0) is 16.2.